The molecule has 0 aliphatic carbocycles. The molecule has 0 fully saturated rings. The van der Waals surface area contributed by atoms with E-state index in [0.717, 1.165) is 16.5 Å². The van der Waals surface area contributed by atoms with Crippen LogP contribution in [-0.4, -0.2) is 23.7 Å². The quantitative estimate of drug-likeness (QED) is 0.840. The minimum atomic E-state index is -0.638. The van der Waals surface area contributed by atoms with E-state index in [1.807, 2.05) is 42.9 Å². The topological polar surface area (TPSA) is 57.2 Å². The van der Waals surface area contributed by atoms with Crippen LogP contribution in [0.5, 0.6) is 0 Å². The van der Waals surface area contributed by atoms with E-state index in [0.29, 0.717) is 0 Å². The maximum Gasteiger partial charge on any atom is 0.323 e. The molecule has 4 nitrogen and oxygen atoms in total. The van der Waals surface area contributed by atoms with E-state index >= 15 is 0 Å². The van der Waals surface area contributed by atoms with E-state index in [1.165, 1.54) is 7.11 Å². The van der Waals surface area contributed by atoms with Gasteiger partial charge < -0.3 is 15.0 Å². The molecule has 1 heterocycles. The van der Waals surface area contributed by atoms with Crippen molar-refractivity contribution in [3.05, 3.63) is 36.0 Å². The molecule has 0 unspecified atom stereocenters. The Bertz CT molecular complexity index is 574. The highest BCUT2D eigenvalue weighted by Gasteiger charge is 2.25. The van der Waals surface area contributed by atoms with Crippen LogP contribution < -0.4 is 5.73 Å². The second-order valence-electron chi connectivity index (χ2n) is 4.55. The highest BCUT2D eigenvalue weighted by molar-refractivity contribution is 5.86. The predicted molar refractivity (Wildman–Crippen MR) is 71.3 cm³/mol. The average molecular weight is 246 g/mol. The first-order chi connectivity index (χ1) is 8.56. The fraction of sp³-hybridized carbons (Fsp3) is 0.357. The number of rotatable bonds is 3. The zero-order valence-electron chi connectivity index (χ0n) is 10.9. The first-order valence-electron chi connectivity index (χ1n) is 5.93. The first kappa shape index (κ1) is 12.6. The molecule has 1 aromatic carbocycles. The lowest BCUT2D eigenvalue weighted by Crippen LogP contribution is -2.36. The summed E-state index contributed by atoms with van der Waals surface area (Å²) in [5.74, 6) is -0.459. The Hall–Kier alpha value is -1.81. The number of nitrogens with zero attached hydrogens (tertiary/aromatic N) is 1. The van der Waals surface area contributed by atoms with Crippen LogP contribution in [0.15, 0.2) is 30.5 Å². The summed E-state index contributed by atoms with van der Waals surface area (Å²) >= 11 is 0. The van der Waals surface area contributed by atoms with Crippen LogP contribution in [0.4, 0.5) is 0 Å². The third-order valence-electron chi connectivity index (χ3n) is 3.43. The lowest BCUT2D eigenvalue weighted by atomic mass is 9.93. The van der Waals surface area contributed by atoms with E-state index < -0.39 is 6.04 Å². The van der Waals surface area contributed by atoms with Gasteiger partial charge in [0.25, 0.3) is 0 Å². The number of hydrogen-bond acceptors (Lipinski definition) is 3. The third kappa shape index (κ3) is 1.99. The average Bonchev–Trinajstić information content (AvgIpc) is 2.74. The van der Waals surface area contributed by atoms with Crippen LogP contribution in [-0.2, 0) is 16.6 Å². The van der Waals surface area contributed by atoms with Crippen LogP contribution in [0.3, 0.4) is 0 Å². The molecule has 0 bridgehead atoms. The molecule has 96 valence electrons. The Morgan fingerprint density at radius 3 is 2.72 bits per heavy atom. The lowest BCUT2D eigenvalue weighted by Gasteiger charge is -2.17. The molecule has 2 aromatic rings. The van der Waals surface area contributed by atoms with Gasteiger partial charge in [-0.15, -0.1) is 0 Å². The Balaban J connectivity index is 2.45. The van der Waals surface area contributed by atoms with Crippen molar-refractivity contribution < 1.29 is 9.53 Å². The summed E-state index contributed by atoms with van der Waals surface area (Å²) in [7, 11) is 3.35. The zero-order chi connectivity index (χ0) is 13.3. The summed E-state index contributed by atoms with van der Waals surface area (Å²) in [5.41, 5.74) is 8.13. The zero-order valence-corrected chi connectivity index (χ0v) is 10.9. The summed E-state index contributed by atoms with van der Waals surface area (Å²) < 4.78 is 6.75. The number of benzene rings is 1. The van der Waals surface area contributed by atoms with Crippen LogP contribution in [0, 0.1) is 0 Å². The molecule has 4 heteroatoms. The fourth-order valence-electron chi connectivity index (χ4n) is 2.27. The number of carbonyl (C=O) groups is 1. The molecule has 0 spiro atoms. The number of esters is 1. The Kier molecular flexibility index (Phi) is 3.39. The summed E-state index contributed by atoms with van der Waals surface area (Å²) in [6.07, 6.45) is 2.03. The van der Waals surface area contributed by atoms with E-state index in [9.17, 15) is 4.79 Å². The molecule has 0 saturated heterocycles. The van der Waals surface area contributed by atoms with Crippen LogP contribution in [0.2, 0.25) is 0 Å². The number of fused-ring (bicyclic) bond motifs is 1. The molecular formula is C14H18N2O2. The predicted octanol–water partition coefficient (Wildman–Crippen LogP) is 1.78. The molecule has 0 aliphatic rings. The molecule has 1 aromatic heterocycles. The van der Waals surface area contributed by atoms with Crippen LogP contribution in [0.1, 0.15) is 18.4 Å². The van der Waals surface area contributed by atoms with Gasteiger partial charge in [-0.05, 0) is 11.6 Å². The highest BCUT2D eigenvalue weighted by atomic mass is 16.5. The minimum absolute atomic E-state index is 0.0800. The van der Waals surface area contributed by atoms with Gasteiger partial charge in [0.15, 0.2) is 0 Å². The normalized spacial score (nSPS) is 14.4. The van der Waals surface area contributed by atoms with Gasteiger partial charge in [-0.1, -0.05) is 25.1 Å². The third-order valence-corrected chi connectivity index (χ3v) is 3.43. The van der Waals surface area contributed by atoms with Crippen molar-refractivity contribution in [1.29, 1.82) is 0 Å². The van der Waals surface area contributed by atoms with Gasteiger partial charge >= 0.3 is 5.97 Å². The Morgan fingerprint density at radius 2 is 2.06 bits per heavy atom. The summed E-state index contributed by atoms with van der Waals surface area (Å²) in [4.78, 5) is 11.5. The van der Waals surface area contributed by atoms with E-state index in [4.69, 9.17) is 10.5 Å². The number of carbonyl (C=O) groups excluding carboxylic acids is 1. The lowest BCUT2D eigenvalue weighted by molar-refractivity contribution is -0.142. The summed E-state index contributed by atoms with van der Waals surface area (Å²) in [6, 6.07) is 7.44. The van der Waals surface area contributed by atoms with Gasteiger partial charge in [0, 0.05) is 30.1 Å². The monoisotopic (exact) mass is 246 g/mol. The van der Waals surface area contributed by atoms with Gasteiger partial charge in [0.1, 0.15) is 6.04 Å². The van der Waals surface area contributed by atoms with E-state index in [-0.39, 0.29) is 11.9 Å². The molecule has 2 N–H and O–H groups in total. The highest BCUT2D eigenvalue weighted by Crippen LogP contribution is 2.28. The molecule has 2 atom stereocenters. The van der Waals surface area contributed by atoms with Gasteiger partial charge in [0.05, 0.1) is 7.11 Å². The van der Waals surface area contributed by atoms with Gasteiger partial charge in [-0.25, -0.2) is 0 Å². The van der Waals surface area contributed by atoms with Gasteiger partial charge in [-0.3, -0.25) is 4.79 Å². The maximum absolute atomic E-state index is 11.5. The smallest absolute Gasteiger partial charge is 0.323 e. The molecule has 0 aliphatic heterocycles. The number of ether oxygens (including phenoxy) is 1. The molecule has 0 amide bonds. The second kappa shape index (κ2) is 4.82. The van der Waals surface area contributed by atoms with Crippen molar-refractivity contribution >= 4 is 16.9 Å². The number of hydrogen-bond donors (Lipinski definition) is 1. The molecular weight excluding hydrogens is 228 g/mol. The largest absolute Gasteiger partial charge is 0.468 e. The summed E-state index contributed by atoms with van der Waals surface area (Å²) in [5, 5.41) is 1.13. The van der Waals surface area contributed by atoms with Crippen molar-refractivity contribution in [1.82, 2.24) is 4.57 Å². The Morgan fingerprint density at radius 1 is 1.39 bits per heavy atom. The van der Waals surface area contributed by atoms with Gasteiger partial charge in [0.2, 0.25) is 0 Å². The first-order valence-corrected chi connectivity index (χ1v) is 5.93. The molecule has 2 rings (SSSR count). The molecule has 0 saturated carbocycles. The van der Waals surface area contributed by atoms with Crippen molar-refractivity contribution in [2.75, 3.05) is 7.11 Å². The molecule has 18 heavy (non-hydrogen) atoms. The Labute approximate surface area is 106 Å². The second-order valence-corrected chi connectivity index (χ2v) is 4.55. The van der Waals surface area contributed by atoms with Crippen molar-refractivity contribution in [3.63, 3.8) is 0 Å². The van der Waals surface area contributed by atoms with Crippen molar-refractivity contribution in [3.8, 4) is 0 Å². The SMILES string of the molecule is COC(=O)[C@H](N)[C@H](C)c1cn(C)c2ccccc12. The number of aryl methyl sites for hydroxylation is 1. The van der Waals surface area contributed by atoms with Crippen molar-refractivity contribution in [2.45, 2.75) is 18.9 Å². The fourth-order valence-corrected chi connectivity index (χ4v) is 2.27. The van der Waals surface area contributed by atoms with Crippen LogP contribution >= 0.6 is 0 Å². The maximum atomic E-state index is 11.5. The van der Waals surface area contributed by atoms with Crippen molar-refractivity contribution in [2.24, 2.45) is 12.8 Å². The van der Waals surface area contributed by atoms with E-state index in [2.05, 4.69) is 6.07 Å². The number of nitrogens with two attached hydrogens (primary N) is 1. The molecule has 0 radical (unpaired) electrons. The summed E-state index contributed by atoms with van der Waals surface area (Å²) in [6.45, 7) is 1.95. The number of methoxy groups -OCH3 is 1. The van der Waals surface area contributed by atoms with Crippen LogP contribution in [0.25, 0.3) is 10.9 Å². The standard InChI is InChI=1S/C14H18N2O2/c1-9(13(15)14(17)18-3)11-8-16(2)12-7-5-4-6-10(11)12/h4-9,13H,15H2,1-3H3/t9-,13-/m1/s1. The minimum Gasteiger partial charge on any atom is -0.468 e. The van der Waals surface area contributed by atoms with Gasteiger partial charge in [-0.2, -0.15) is 0 Å². The number of para-hydroxylation sites is 1. The number of aromatic nitrogens is 1. The van der Waals surface area contributed by atoms with E-state index in [1.54, 1.807) is 0 Å².